The van der Waals surface area contributed by atoms with Crippen LogP contribution in [0, 0.1) is 0 Å². The van der Waals surface area contributed by atoms with E-state index in [1.54, 1.807) is 0 Å². The zero-order valence-electron chi connectivity index (χ0n) is 16.2. The van der Waals surface area contributed by atoms with E-state index in [2.05, 4.69) is 15.5 Å². The minimum Gasteiger partial charge on any atom is -0.350 e. The van der Waals surface area contributed by atoms with Crippen LogP contribution < -0.4 is 16.4 Å². The number of carbonyl (C=O) groups is 2. The number of alkyl halides is 3. The van der Waals surface area contributed by atoms with Crippen LogP contribution in [0.4, 0.5) is 13.2 Å². The number of amides is 2. The fraction of sp³-hybridized carbons (Fsp3) is 0.600. The molecule has 0 spiro atoms. The van der Waals surface area contributed by atoms with E-state index in [1.807, 2.05) is 0 Å². The molecule has 0 bridgehead atoms. The van der Waals surface area contributed by atoms with Crippen LogP contribution in [0.1, 0.15) is 48.0 Å². The molecule has 6 nitrogen and oxygen atoms in total. The first kappa shape index (κ1) is 21.6. The molecule has 0 radical (unpaired) electrons. The number of rotatable bonds is 5. The second-order valence-corrected chi connectivity index (χ2v) is 7.82. The van der Waals surface area contributed by atoms with Crippen LogP contribution in [0.15, 0.2) is 24.3 Å². The van der Waals surface area contributed by atoms with Crippen LogP contribution >= 0.6 is 0 Å². The second kappa shape index (κ2) is 9.13. The van der Waals surface area contributed by atoms with E-state index in [-0.39, 0.29) is 30.1 Å². The molecule has 1 heterocycles. The highest BCUT2D eigenvalue weighted by molar-refractivity contribution is 5.96. The van der Waals surface area contributed by atoms with E-state index in [1.165, 1.54) is 18.6 Å². The molecule has 1 saturated heterocycles. The van der Waals surface area contributed by atoms with Gasteiger partial charge in [0.25, 0.3) is 5.91 Å². The van der Waals surface area contributed by atoms with Crippen LogP contribution in [0.25, 0.3) is 0 Å². The molecule has 160 valence electrons. The van der Waals surface area contributed by atoms with Gasteiger partial charge in [0.15, 0.2) is 0 Å². The van der Waals surface area contributed by atoms with Crippen molar-refractivity contribution in [2.45, 2.75) is 56.4 Å². The smallest absolute Gasteiger partial charge is 0.350 e. The van der Waals surface area contributed by atoms with Gasteiger partial charge in [-0.05, 0) is 37.5 Å². The van der Waals surface area contributed by atoms with Gasteiger partial charge in [0.05, 0.1) is 12.1 Å². The van der Waals surface area contributed by atoms with Crippen molar-refractivity contribution in [2.75, 3.05) is 19.6 Å². The maximum absolute atomic E-state index is 12.8. The van der Waals surface area contributed by atoms with Crippen LogP contribution in [0.5, 0.6) is 0 Å². The molecule has 1 aromatic rings. The van der Waals surface area contributed by atoms with Crippen molar-refractivity contribution < 1.29 is 22.8 Å². The zero-order valence-corrected chi connectivity index (χ0v) is 16.2. The molecule has 3 rings (SSSR count). The monoisotopic (exact) mass is 412 g/mol. The highest BCUT2D eigenvalue weighted by atomic mass is 19.4. The summed E-state index contributed by atoms with van der Waals surface area (Å²) in [5.41, 5.74) is 5.20. The average Bonchev–Trinajstić information content (AvgIpc) is 3.14. The number of hydrogen-bond acceptors (Lipinski definition) is 4. The molecule has 2 amide bonds. The van der Waals surface area contributed by atoms with E-state index in [4.69, 9.17) is 5.73 Å². The first-order valence-corrected chi connectivity index (χ1v) is 9.98. The van der Waals surface area contributed by atoms with Gasteiger partial charge in [-0.1, -0.05) is 18.9 Å². The van der Waals surface area contributed by atoms with Gasteiger partial charge in [0.1, 0.15) is 0 Å². The van der Waals surface area contributed by atoms with Crippen molar-refractivity contribution in [3.63, 3.8) is 0 Å². The highest BCUT2D eigenvalue weighted by Gasteiger charge is 2.33. The minimum absolute atomic E-state index is 0.0120. The summed E-state index contributed by atoms with van der Waals surface area (Å²) in [7, 11) is 0. The molecule has 1 aromatic carbocycles. The molecule has 9 heteroatoms. The number of carbonyl (C=O) groups excluding carboxylic acids is 2. The molecule has 1 aliphatic carbocycles. The third kappa shape index (κ3) is 5.70. The average molecular weight is 412 g/mol. The molecule has 1 saturated carbocycles. The molecule has 2 fully saturated rings. The number of nitrogens with two attached hydrogens (primary N) is 1. The second-order valence-electron chi connectivity index (χ2n) is 7.82. The van der Waals surface area contributed by atoms with Crippen LogP contribution in [-0.2, 0) is 11.0 Å². The first-order chi connectivity index (χ1) is 13.7. The van der Waals surface area contributed by atoms with E-state index in [0.29, 0.717) is 6.04 Å². The summed E-state index contributed by atoms with van der Waals surface area (Å²) in [4.78, 5) is 26.6. The predicted molar refractivity (Wildman–Crippen MR) is 102 cm³/mol. The quantitative estimate of drug-likeness (QED) is 0.689. The van der Waals surface area contributed by atoms with Gasteiger partial charge in [0, 0.05) is 36.8 Å². The Kier molecular flexibility index (Phi) is 6.79. The van der Waals surface area contributed by atoms with Gasteiger partial charge >= 0.3 is 6.18 Å². The summed E-state index contributed by atoms with van der Waals surface area (Å²) in [5.74, 6) is -1.07. The molecule has 1 unspecified atom stereocenters. The normalized spacial score (nSPS) is 25.6. The lowest BCUT2D eigenvalue weighted by Gasteiger charge is -2.36. The fourth-order valence-corrected chi connectivity index (χ4v) is 4.18. The SMILES string of the molecule is N[C@@H]1CCCCC1N1CC[C@@H](NC(=O)CNC(=O)c2cccc(C(F)(F)F)c2)C1. The predicted octanol–water partition coefficient (Wildman–Crippen LogP) is 1.90. The van der Waals surface area contributed by atoms with Crippen molar-refractivity contribution in [1.29, 1.82) is 0 Å². The van der Waals surface area contributed by atoms with Crippen molar-refractivity contribution in [2.24, 2.45) is 5.73 Å². The van der Waals surface area contributed by atoms with Crippen molar-refractivity contribution in [3.05, 3.63) is 35.4 Å². The van der Waals surface area contributed by atoms with E-state index in [0.717, 1.165) is 50.9 Å². The number of nitrogens with one attached hydrogen (secondary N) is 2. The summed E-state index contributed by atoms with van der Waals surface area (Å²) in [6.07, 6.45) is 0.735. The molecule has 4 N–H and O–H groups in total. The van der Waals surface area contributed by atoms with Gasteiger partial charge in [-0.2, -0.15) is 13.2 Å². The fourth-order valence-electron chi connectivity index (χ4n) is 4.18. The summed E-state index contributed by atoms with van der Waals surface area (Å²) in [6.45, 7) is 1.32. The van der Waals surface area contributed by atoms with Gasteiger partial charge in [-0.15, -0.1) is 0 Å². The Morgan fingerprint density at radius 1 is 1.17 bits per heavy atom. The van der Waals surface area contributed by atoms with E-state index < -0.39 is 17.6 Å². The Hall–Kier alpha value is -2.13. The van der Waals surface area contributed by atoms with Crippen molar-refractivity contribution in [3.8, 4) is 0 Å². The van der Waals surface area contributed by atoms with E-state index in [9.17, 15) is 22.8 Å². The maximum Gasteiger partial charge on any atom is 0.416 e. The summed E-state index contributed by atoms with van der Waals surface area (Å²) in [6, 6.07) is 4.63. The Morgan fingerprint density at radius 3 is 2.66 bits per heavy atom. The van der Waals surface area contributed by atoms with Gasteiger partial charge in [0.2, 0.25) is 5.91 Å². The van der Waals surface area contributed by atoms with Crippen LogP contribution in [-0.4, -0.2) is 54.5 Å². The number of hydrogen-bond donors (Lipinski definition) is 3. The lowest BCUT2D eigenvalue weighted by atomic mass is 9.90. The topological polar surface area (TPSA) is 87.5 Å². The molecule has 2 aliphatic rings. The van der Waals surface area contributed by atoms with E-state index >= 15 is 0 Å². The summed E-state index contributed by atoms with van der Waals surface area (Å²) < 4.78 is 38.3. The molecular weight excluding hydrogens is 385 g/mol. The standard InChI is InChI=1S/C20H27F3N4O2/c21-20(22,23)14-5-3-4-13(10-14)19(29)25-11-18(28)26-15-8-9-27(12-15)17-7-2-1-6-16(17)24/h3-5,10,15-17H,1-2,6-9,11-12,24H2,(H,25,29)(H,26,28)/t15-,16-,17?/m1/s1. The summed E-state index contributed by atoms with van der Waals surface area (Å²) in [5, 5.41) is 5.27. The number of likely N-dealkylation sites (tertiary alicyclic amines) is 1. The van der Waals surface area contributed by atoms with Gasteiger partial charge in [-0.25, -0.2) is 0 Å². The molecule has 3 atom stereocenters. The molecule has 1 aliphatic heterocycles. The van der Waals surface area contributed by atoms with Crippen molar-refractivity contribution in [1.82, 2.24) is 15.5 Å². The van der Waals surface area contributed by atoms with Crippen LogP contribution in [0.2, 0.25) is 0 Å². The Labute approximate surface area is 168 Å². The summed E-state index contributed by atoms with van der Waals surface area (Å²) >= 11 is 0. The third-order valence-electron chi connectivity index (χ3n) is 5.70. The largest absolute Gasteiger partial charge is 0.416 e. The lowest BCUT2D eigenvalue weighted by molar-refractivity contribution is -0.137. The highest BCUT2D eigenvalue weighted by Crippen LogP contribution is 2.29. The Morgan fingerprint density at radius 2 is 1.93 bits per heavy atom. The van der Waals surface area contributed by atoms with Gasteiger partial charge in [-0.3, -0.25) is 14.5 Å². The lowest BCUT2D eigenvalue weighted by Crippen LogP contribution is -2.50. The first-order valence-electron chi connectivity index (χ1n) is 9.98. The van der Waals surface area contributed by atoms with Gasteiger partial charge < -0.3 is 16.4 Å². The Balaban J connectivity index is 1.45. The maximum atomic E-state index is 12.8. The third-order valence-corrected chi connectivity index (χ3v) is 5.70. The number of halogens is 3. The zero-order chi connectivity index (χ0) is 21.0. The minimum atomic E-state index is -4.52. The Bertz CT molecular complexity index is 741. The van der Waals surface area contributed by atoms with Crippen molar-refractivity contribution >= 4 is 11.8 Å². The molecule has 29 heavy (non-hydrogen) atoms. The number of benzene rings is 1. The van der Waals surface area contributed by atoms with Crippen LogP contribution in [0.3, 0.4) is 0 Å². The number of nitrogens with zero attached hydrogens (tertiary/aromatic N) is 1. The molecule has 0 aromatic heterocycles. The molecular formula is C20H27F3N4O2.